The molecule has 4 atom stereocenters. The Labute approximate surface area is 229 Å². The fourth-order valence-electron chi connectivity index (χ4n) is 5.41. The molecule has 2 heterocycles. The number of hydrogen-bond acceptors (Lipinski definition) is 5. The monoisotopic (exact) mass is 534 g/mol. The van der Waals surface area contributed by atoms with Crippen LogP contribution in [0.5, 0.6) is 0 Å². The first kappa shape index (κ1) is 28.3. The van der Waals surface area contributed by atoms with Gasteiger partial charge in [0.2, 0.25) is 17.7 Å². The molecule has 0 radical (unpaired) electrons. The van der Waals surface area contributed by atoms with Crippen molar-refractivity contribution in [3.05, 3.63) is 71.3 Å². The lowest BCUT2D eigenvalue weighted by molar-refractivity contribution is -0.149. The first-order chi connectivity index (χ1) is 18.8. The van der Waals surface area contributed by atoms with Gasteiger partial charge in [0.25, 0.3) is 0 Å². The highest BCUT2D eigenvalue weighted by molar-refractivity contribution is 5.91. The second-order valence-corrected chi connectivity index (χ2v) is 10.6. The van der Waals surface area contributed by atoms with Gasteiger partial charge in [0, 0.05) is 25.4 Å². The number of aliphatic carboxylic acids is 1. The van der Waals surface area contributed by atoms with Crippen LogP contribution >= 0.6 is 0 Å². The van der Waals surface area contributed by atoms with Gasteiger partial charge >= 0.3 is 5.97 Å². The Kier molecular flexibility index (Phi) is 9.70. The molecule has 0 bridgehead atoms. The van der Waals surface area contributed by atoms with Gasteiger partial charge < -0.3 is 26.0 Å². The summed E-state index contributed by atoms with van der Waals surface area (Å²) in [4.78, 5) is 52.9. The summed E-state index contributed by atoms with van der Waals surface area (Å²) in [5.41, 5.74) is 2.93. The number of amides is 3. The Morgan fingerprint density at radius 1 is 0.949 bits per heavy atom. The van der Waals surface area contributed by atoms with Crippen molar-refractivity contribution in [1.82, 2.24) is 20.9 Å². The number of carbonyl (C=O) groups is 4. The predicted octanol–water partition coefficient (Wildman–Crippen LogP) is 1.97. The third-order valence-electron chi connectivity index (χ3n) is 7.49. The van der Waals surface area contributed by atoms with E-state index >= 15 is 0 Å². The molecule has 0 aliphatic carbocycles. The van der Waals surface area contributed by atoms with Crippen LogP contribution in [0.25, 0.3) is 0 Å². The van der Waals surface area contributed by atoms with E-state index < -0.39 is 30.0 Å². The van der Waals surface area contributed by atoms with Gasteiger partial charge in [-0.15, -0.1) is 0 Å². The van der Waals surface area contributed by atoms with Crippen LogP contribution in [0.1, 0.15) is 48.8 Å². The van der Waals surface area contributed by atoms with Crippen molar-refractivity contribution in [3.63, 3.8) is 0 Å². The van der Waals surface area contributed by atoms with Crippen LogP contribution in [0.2, 0.25) is 0 Å². The highest BCUT2D eigenvalue weighted by atomic mass is 16.4. The maximum absolute atomic E-state index is 13.6. The Morgan fingerprint density at radius 2 is 1.67 bits per heavy atom. The van der Waals surface area contributed by atoms with E-state index in [1.807, 2.05) is 61.5 Å². The van der Waals surface area contributed by atoms with Gasteiger partial charge in [-0.05, 0) is 56.7 Å². The highest BCUT2D eigenvalue weighted by Crippen LogP contribution is 2.20. The minimum Gasteiger partial charge on any atom is -0.480 e. The van der Waals surface area contributed by atoms with Crippen LogP contribution in [0.15, 0.2) is 54.6 Å². The zero-order valence-electron chi connectivity index (χ0n) is 22.4. The third-order valence-corrected chi connectivity index (χ3v) is 7.49. The van der Waals surface area contributed by atoms with Gasteiger partial charge in [0.05, 0.1) is 6.04 Å². The molecule has 3 amide bonds. The van der Waals surface area contributed by atoms with E-state index in [4.69, 9.17) is 0 Å². The molecule has 2 aromatic rings. The second kappa shape index (κ2) is 13.4. The molecule has 2 saturated heterocycles. The van der Waals surface area contributed by atoms with Crippen molar-refractivity contribution in [1.29, 1.82) is 0 Å². The molecule has 0 spiro atoms. The fourth-order valence-corrected chi connectivity index (χ4v) is 5.41. The summed E-state index contributed by atoms with van der Waals surface area (Å²) < 4.78 is 0. The maximum Gasteiger partial charge on any atom is 0.326 e. The van der Waals surface area contributed by atoms with Crippen LogP contribution < -0.4 is 16.0 Å². The molecule has 2 fully saturated rings. The lowest BCUT2D eigenvalue weighted by atomic mass is 10.0. The zero-order chi connectivity index (χ0) is 27.8. The van der Waals surface area contributed by atoms with Crippen molar-refractivity contribution >= 4 is 23.7 Å². The number of carboxylic acid groups (broad SMARTS) is 1. The van der Waals surface area contributed by atoms with E-state index in [1.54, 1.807) is 0 Å². The molecule has 208 valence electrons. The van der Waals surface area contributed by atoms with E-state index in [1.165, 1.54) is 4.90 Å². The molecular formula is C30H38N4O5. The minimum absolute atomic E-state index is 0.00656. The van der Waals surface area contributed by atoms with E-state index in [9.17, 15) is 24.3 Å². The molecule has 9 nitrogen and oxygen atoms in total. The smallest absolute Gasteiger partial charge is 0.326 e. The lowest BCUT2D eigenvalue weighted by Gasteiger charge is -2.28. The zero-order valence-corrected chi connectivity index (χ0v) is 22.4. The van der Waals surface area contributed by atoms with Crippen molar-refractivity contribution in [2.75, 3.05) is 13.1 Å². The second-order valence-electron chi connectivity index (χ2n) is 10.6. The Balaban J connectivity index is 1.49. The fraction of sp³-hybridized carbons (Fsp3) is 0.467. The van der Waals surface area contributed by atoms with Gasteiger partial charge in [0.1, 0.15) is 12.1 Å². The number of carboxylic acids is 1. The minimum atomic E-state index is -1.03. The number of nitrogens with zero attached hydrogens (tertiary/aromatic N) is 1. The Morgan fingerprint density at radius 3 is 2.33 bits per heavy atom. The van der Waals surface area contributed by atoms with Crippen LogP contribution in [0, 0.1) is 6.92 Å². The van der Waals surface area contributed by atoms with Crippen LogP contribution in [-0.4, -0.2) is 71.0 Å². The van der Waals surface area contributed by atoms with E-state index in [0.717, 1.165) is 36.1 Å². The topological polar surface area (TPSA) is 128 Å². The number of likely N-dealkylation sites (tertiary alicyclic amines) is 1. The summed E-state index contributed by atoms with van der Waals surface area (Å²) in [5, 5.41) is 18.7. The SMILES string of the molecule is Cc1ccc(C[C@H](NC(=O)C[C@H](Cc2ccccc2)NC(=O)[C@@H]2CCCN2)C(=O)N2CCC[C@H]2C(=O)O)cc1. The average molecular weight is 535 g/mol. The number of hydrogen-bond donors (Lipinski definition) is 4. The van der Waals surface area contributed by atoms with Crippen LogP contribution in [-0.2, 0) is 32.0 Å². The largest absolute Gasteiger partial charge is 0.480 e. The van der Waals surface area contributed by atoms with E-state index in [2.05, 4.69) is 16.0 Å². The molecule has 0 saturated carbocycles. The molecule has 4 rings (SSSR count). The molecule has 9 heteroatoms. The number of benzene rings is 2. The van der Waals surface area contributed by atoms with Crippen LogP contribution in [0.4, 0.5) is 0 Å². The van der Waals surface area contributed by atoms with Gasteiger partial charge in [-0.3, -0.25) is 14.4 Å². The molecular weight excluding hydrogens is 496 g/mol. The number of carbonyl (C=O) groups excluding carboxylic acids is 3. The molecule has 0 aromatic heterocycles. The lowest BCUT2D eigenvalue weighted by Crippen LogP contribution is -2.54. The Hall–Kier alpha value is -3.72. The van der Waals surface area contributed by atoms with Crippen molar-refractivity contribution < 1.29 is 24.3 Å². The molecule has 2 aliphatic rings. The molecule has 0 unspecified atom stereocenters. The van der Waals surface area contributed by atoms with Crippen molar-refractivity contribution in [2.24, 2.45) is 0 Å². The third kappa shape index (κ3) is 7.89. The molecule has 2 aromatic carbocycles. The summed E-state index contributed by atoms with van der Waals surface area (Å²) in [6, 6.07) is 14.8. The van der Waals surface area contributed by atoms with Crippen LogP contribution in [0.3, 0.4) is 0 Å². The summed E-state index contributed by atoms with van der Waals surface area (Å²) in [6.45, 7) is 3.11. The van der Waals surface area contributed by atoms with Crippen molar-refractivity contribution in [2.45, 2.75) is 76.0 Å². The number of aryl methyl sites for hydroxylation is 1. The average Bonchev–Trinajstić information content (AvgIpc) is 3.63. The van der Waals surface area contributed by atoms with E-state index in [-0.39, 0.29) is 30.7 Å². The normalized spacial score (nSPS) is 20.3. The number of rotatable bonds is 11. The molecule has 2 aliphatic heterocycles. The van der Waals surface area contributed by atoms with Gasteiger partial charge in [-0.1, -0.05) is 60.2 Å². The molecule has 4 N–H and O–H groups in total. The summed E-state index contributed by atoms with van der Waals surface area (Å²) >= 11 is 0. The van der Waals surface area contributed by atoms with Gasteiger partial charge in [0.15, 0.2) is 0 Å². The summed E-state index contributed by atoms with van der Waals surface area (Å²) in [5.74, 6) is -1.93. The first-order valence-electron chi connectivity index (χ1n) is 13.8. The highest BCUT2D eigenvalue weighted by Gasteiger charge is 2.38. The van der Waals surface area contributed by atoms with E-state index in [0.29, 0.717) is 25.8 Å². The maximum atomic E-state index is 13.6. The number of nitrogens with one attached hydrogen (secondary N) is 3. The Bertz CT molecular complexity index is 1150. The first-order valence-corrected chi connectivity index (χ1v) is 13.8. The summed E-state index contributed by atoms with van der Waals surface area (Å²) in [6.07, 6.45) is 3.39. The quantitative estimate of drug-likeness (QED) is 0.349. The van der Waals surface area contributed by atoms with Gasteiger partial charge in [-0.25, -0.2) is 4.79 Å². The van der Waals surface area contributed by atoms with Gasteiger partial charge in [-0.2, -0.15) is 0 Å². The standard InChI is InChI=1S/C30H38N4O5/c1-20-11-13-22(14-12-20)18-25(29(37)34-16-6-10-26(34)30(38)39)33-27(35)19-23(17-21-7-3-2-4-8-21)32-28(36)24-9-5-15-31-24/h2-4,7-8,11-14,23-26,31H,5-6,9-10,15-19H2,1H3,(H,32,36)(H,33,35)(H,38,39)/t23-,24-,25-,26-/m0/s1. The summed E-state index contributed by atoms with van der Waals surface area (Å²) in [7, 11) is 0. The van der Waals surface area contributed by atoms with Crippen molar-refractivity contribution in [3.8, 4) is 0 Å². The molecule has 39 heavy (non-hydrogen) atoms. The predicted molar refractivity (Wildman–Crippen MR) is 147 cm³/mol.